The van der Waals surface area contributed by atoms with Gasteiger partial charge in [0.05, 0.1) is 6.10 Å². The Morgan fingerprint density at radius 2 is 1.81 bits per heavy atom. The second kappa shape index (κ2) is 8.40. The maximum absolute atomic E-state index is 5.72. The van der Waals surface area contributed by atoms with Gasteiger partial charge in [0.25, 0.3) is 0 Å². The summed E-state index contributed by atoms with van der Waals surface area (Å²) in [6.45, 7) is 10.6. The fourth-order valence-electron chi connectivity index (χ4n) is 3.18. The minimum absolute atomic E-state index is 0.462. The van der Waals surface area contributed by atoms with Crippen molar-refractivity contribution in [3.8, 4) is 0 Å². The van der Waals surface area contributed by atoms with Crippen molar-refractivity contribution >= 4 is 5.69 Å². The van der Waals surface area contributed by atoms with Gasteiger partial charge in [0.15, 0.2) is 0 Å². The fraction of sp³-hybridized carbons (Fsp3) is 0.667. The largest absolute Gasteiger partial charge is 0.378 e. The van der Waals surface area contributed by atoms with Crippen LogP contribution in [-0.4, -0.2) is 32.3 Å². The molecule has 1 aliphatic heterocycles. The van der Waals surface area contributed by atoms with E-state index in [0.717, 1.165) is 45.5 Å². The number of rotatable bonds is 7. The molecular formula is C18H30N2O. The van der Waals surface area contributed by atoms with Crippen molar-refractivity contribution in [3.63, 3.8) is 0 Å². The molecule has 21 heavy (non-hydrogen) atoms. The van der Waals surface area contributed by atoms with E-state index in [1.54, 1.807) is 0 Å². The van der Waals surface area contributed by atoms with Gasteiger partial charge in [-0.1, -0.05) is 26.0 Å². The van der Waals surface area contributed by atoms with Crippen LogP contribution in [0.2, 0.25) is 0 Å². The topological polar surface area (TPSA) is 24.5 Å². The van der Waals surface area contributed by atoms with E-state index in [2.05, 4.69) is 55.3 Å². The molecule has 118 valence electrons. The second-order valence-corrected chi connectivity index (χ2v) is 5.75. The van der Waals surface area contributed by atoms with Crippen molar-refractivity contribution in [1.82, 2.24) is 5.32 Å². The van der Waals surface area contributed by atoms with Gasteiger partial charge in [0.2, 0.25) is 0 Å². The molecule has 0 aromatic heterocycles. The molecule has 0 bridgehead atoms. The van der Waals surface area contributed by atoms with Crippen LogP contribution in [0, 0.1) is 0 Å². The highest BCUT2D eigenvalue weighted by Crippen LogP contribution is 2.24. The van der Waals surface area contributed by atoms with Gasteiger partial charge < -0.3 is 15.0 Å². The summed E-state index contributed by atoms with van der Waals surface area (Å²) in [6.07, 6.45) is 3.88. The van der Waals surface area contributed by atoms with Crippen molar-refractivity contribution in [2.24, 2.45) is 0 Å². The first kappa shape index (κ1) is 16.3. The van der Waals surface area contributed by atoms with Crippen LogP contribution in [0.25, 0.3) is 0 Å². The number of anilines is 1. The zero-order chi connectivity index (χ0) is 15.1. The Morgan fingerprint density at radius 1 is 1.14 bits per heavy atom. The standard InChI is InChI=1S/C18H30N2O/c1-4-18(19-5-2)15-7-9-16(10-8-15)20-13-11-17(12-14-20)21-6-3/h7-10,17-19H,4-6,11-14H2,1-3H3. The van der Waals surface area contributed by atoms with Gasteiger partial charge in [0.1, 0.15) is 0 Å². The summed E-state index contributed by atoms with van der Waals surface area (Å²) in [5.41, 5.74) is 2.74. The molecule has 1 fully saturated rings. The van der Waals surface area contributed by atoms with Gasteiger partial charge in [-0.05, 0) is 50.4 Å². The molecule has 1 saturated heterocycles. The minimum Gasteiger partial charge on any atom is -0.378 e. The van der Waals surface area contributed by atoms with Crippen molar-refractivity contribution in [3.05, 3.63) is 29.8 Å². The molecule has 2 rings (SSSR count). The lowest BCUT2D eigenvalue weighted by Crippen LogP contribution is -2.37. The summed E-state index contributed by atoms with van der Waals surface area (Å²) in [6, 6.07) is 9.58. The third-order valence-corrected chi connectivity index (χ3v) is 4.36. The van der Waals surface area contributed by atoms with Crippen LogP contribution in [0.3, 0.4) is 0 Å². The van der Waals surface area contributed by atoms with Crippen LogP contribution in [0.5, 0.6) is 0 Å². The van der Waals surface area contributed by atoms with Crippen molar-refractivity contribution in [1.29, 1.82) is 0 Å². The molecule has 1 heterocycles. The highest BCUT2D eigenvalue weighted by Gasteiger charge is 2.19. The summed E-state index contributed by atoms with van der Waals surface area (Å²) in [5, 5.41) is 3.54. The van der Waals surface area contributed by atoms with Crippen molar-refractivity contribution in [2.75, 3.05) is 31.1 Å². The van der Waals surface area contributed by atoms with Crippen LogP contribution < -0.4 is 10.2 Å². The number of benzene rings is 1. The van der Waals surface area contributed by atoms with Crippen LogP contribution >= 0.6 is 0 Å². The lowest BCUT2D eigenvalue weighted by molar-refractivity contribution is 0.0459. The molecule has 1 aliphatic rings. The molecule has 3 heteroatoms. The monoisotopic (exact) mass is 290 g/mol. The SMILES string of the molecule is CCNC(CC)c1ccc(N2CCC(OCC)CC2)cc1. The van der Waals surface area contributed by atoms with E-state index in [9.17, 15) is 0 Å². The van der Waals surface area contributed by atoms with Gasteiger partial charge in [-0.2, -0.15) is 0 Å². The van der Waals surface area contributed by atoms with Gasteiger partial charge in [-0.3, -0.25) is 0 Å². The Kier molecular flexibility index (Phi) is 6.52. The summed E-state index contributed by atoms with van der Waals surface area (Å²) in [7, 11) is 0. The average Bonchev–Trinajstić information content (AvgIpc) is 2.54. The molecule has 1 aromatic rings. The molecule has 1 N–H and O–H groups in total. The summed E-state index contributed by atoms with van der Waals surface area (Å²) in [4.78, 5) is 2.48. The Labute approximate surface area is 129 Å². The number of hydrogen-bond donors (Lipinski definition) is 1. The first-order valence-electron chi connectivity index (χ1n) is 8.48. The Bertz CT molecular complexity index is 396. The minimum atomic E-state index is 0.462. The maximum atomic E-state index is 5.72. The van der Waals surface area contributed by atoms with Crippen LogP contribution in [-0.2, 0) is 4.74 Å². The fourth-order valence-corrected chi connectivity index (χ4v) is 3.18. The van der Waals surface area contributed by atoms with E-state index in [0.29, 0.717) is 12.1 Å². The van der Waals surface area contributed by atoms with Gasteiger partial charge in [0, 0.05) is 31.4 Å². The van der Waals surface area contributed by atoms with E-state index in [1.807, 2.05) is 0 Å². The number of ether oxygens (including phenoxy) is 1. The molecule has 1 atom stereocenters. The van der Waals surface area contributed by atoms with Crippen LogP contribution in [0.15, 0.2) is 24.3 Å². The molecule has 0 saturated carbocycles. The van der Waals surface area contributed by atoms with Crippen molar-refractivity contribution in [2.45, 2.75) is 52.2 Å². The zero-order valence-electron chi connectivity index (χ0n) is 13.8. The van der Waals surface area contributed by atoms with Crippen LogP contribution in [0.4, 0.5) is 5.69 Å². The highest BCUT2D eigenvalue weighted by molar-refractivity contribution is 5.48. The van der Waals surface area contributed by atoms with E-state index < -0.39 is 0 Å². The van der Waals surface area contributed by atoms with Crippen LogP contribution in [0.1, 0.15) is 51.6 Å². The number of hydrogen-bond acceptors (Lipinski definition) is 3. The van der Waals surface area contributed by atoms with Gasteiger partial charge >= 0.3 is 0 Å². The molecule has 1 unspecified atom stereocenters. The van der Waals surface area contributed by atoms with Gasteiger partial charge in [-0.25, -0.2) is 0 Å². The molecule has 0 amide bonds. The molecule has 3 nitrogen and oxygen atoms in total. The third kappa shape index (κ3) is 4.45. The molecule has 1 aromatic carbocycles. The lowest BCUT2D eigenvalue weighted by atomic mass is 10.0. The predicted molar refractivity (Wildman–Crippen MR) is 90.0 cm³/mol. The number of nitrogens with zero attached hydrogens (tertiary/aromatic N) is 1. The summed E-state index contributed by atoms with van der Waals surface area (Å²) in [5.74, 6) is 0. The lowest BCUT2D eigenvalue weighted by Gasteiger charge is -2.33. The van der Waals surface area contributed by atoms with Crippen molar-refractivity contribution < 1.29 is 4.74 Å². The average molecular weight is 290 g/mol. The predicted octanol–water partition coefficient (Wildman–Crippen LogP) is 3.75. The maximum Gasteiger partial charge on any atom is 0.0608 e. The second-order valence-electron chi connectivity index (χ2n) is 5.75. The molecule has 0 spiro atoms. The number of nitrogens with one attached hydrogen (secondary N) is 1. The summed E-state index contributed by atoms with van der Waals surface area (Å²) < 4.78 is 5.72. The quantitative estimate of drug-likeness (QED) is 0.827. The Hall–Kier alpha value is -1.06. The van der Waals surface area contributed by atoms with E-state index in [1.165, 1.54) is 11.3 Å². The Morgan fingerprint density at radius 3 is 2.33 bits per heavy atom. The summed E-state index contributed by atoms with van der Waals surface area (Å²) >= 11 is 0. The van der Waals surface area contributed by atoms with E-state index in [4.69, 9.17) is 4.74 Å². The van der Waals surface area contributed by atoms with E-state index >= 15 is 0 Å². The first-order valence-corrected chi connectivity index (χ1v) is 8.48. The molecule has 0 aliphatic carbocycles. The normalized spacial score (nSPS) is 18.0. The first-order chi connectivity index (χ1) is 10.3. The van der Waals surface area contributed by atoms with E-state index in [-0.39, 0.29) is 0 Å². The highest BCUT2D eigenvalue weighted by atomic mass is 16.5. The van der Waals surface area contributed by atoms with Gasteiger partial charge in [-0.15, -0.1) is 0 Å². The molecule has 0 radical (unpaired) electrons. The Balaban J connectivity index is 1.93. The smallest absolute Gasteiger partial charge is 0.0608 e. The molecular weight excluding hydrogens is 260 g/mol. The number of piperidine rings is 1. The third-order valence-electron chi connectivity index (χ3n) is 4.36. The zero-order valence-corrected chi connectivity index (χ0v) is 13.8.